The summed E-state index contributed by atoms with van der Waals surface area (Å²) in [6.07, 6.45) is 6.22. The van der Waals surface area contributed by atoms with E-state index < -0.39 is 0 Å². The van der Waals surface area contributed by atoms with E-state index in [0.29, 0.717) is 13.0 Å². The molecule has 0 radical (unpaired) electrons. The van der Waals surface area contributed by atoms with Crippen LogP contribution in [0.5, 0.6) is 0 Å². The van der Waals surface area contributed by atoms with Crippen LogP contribution in [0, 0.1) is 0 Å². The molecule has 1 aliphatic heterocycles. The molecule has 3 aromatic rings. The van der Waals surface area contributed by atoms with Crippen molar-refractivity contribution in [2.45, 2.75) is 13.0 Å². The van der Waals surface area contributed by atoms with E-state index in [2.05, 4.69) is 33.2 Å². The monoisotopic (exact) mass is 389 g/mol. The van der Waals surface area contributed by atoms with Crippen LogP contribution in [0.2, 0.25) is 0 Å². The Morgan fingerprint density at radius 2 is 1.72 bits per heavy atom. The van der Waals surface area contributed by atoms with E-state index in [0.717, 1.165) is 48.8 Å². The summed E-state index contributed by atoms with van der Waals surface area (Å²) in [4.78, 5) is 21.5. The van der Waals surface area contributed by atoms with Gasteiger partial charge in [-0.3, -0.25) is 4.79 Å². The van der Waals surface area contributed by atoms with Crippen LogP contribution in [-0.2, 0) is 17.8 Å². The van der Waals surface area contributed by atoms with Gasteiger partial charge in [0.25, 0.3) is 0 Å². The fourth-order valence-corrected chi connectivity index (χ4v) is 3.52. The fraction of sp³-hybridized carbons (Fsp3) is 0.304. The minimum atomic E-state index is 0.0247. The largest absolute Gasteiger partial charge is 0.354 e. The van der Waals surface area contributed by atoms with Gasteiger partial charge in [-0.1, -0.05) is 12.1 Å². The molecular weight excluding hydrogens is 362 g/mol. The second kappa shape index (κ2) is 8.92. The molecule has 0 spiro atoms. The third kappa shape index (κ3) is 5.03. The highest BCUT2D eigenvalue weighted by atomic mass is 16.1. The molecule has 0 atom stereocenters. The molecule has 1 aliphatic rings. The van der Waals surface area contributed by atoms with Crippen molar-refractivity contribution in [3.05, 3.63) is 78.2 Å². The third-order valence-electron chi connectivity index (χ3n) is 5.33. The number of benzene rings is 1. The number of amides is 1. The molecule has 6 nitrogen and oxygen atoms in total. The van der Waals surface area contributed by atoms with Gasteiger partial charge < -0.3 is 19.7 Å². The van der Waals surface area contributed by atoms with Crippen LogP contribution in [0.1, 0.15) is 11.1 Å². The first-order valence-corrected chi connectivity index (χ1v) is 10.0. The lowest BCUT2D eigenvalue weighted by Crippen LogP contribution is -2.44. The van der Waals surface area contributed by atoms with Gasteiger partial charge in [0, 0.05) is 57.0 Å². The SMILES string of the molecule is CN1CCN(c2cc(CNC(=O)Cc3ccc(-n4cccc4)cc3)ccn2)CC1. The van der Waals surface area contributed by atoms with Crippen molar-refractivity contribution >= 4 is 11.7 Å². The summed E-state index contributed by atoms with van der Waals surface area (Å²) >= 11 is 0. The highest BCUT2D eigenvalue weighted by molar-refractivity contribution is 5.78. The minimum Gasteiger partial charge on any atom is -0.354 e. The van der Waals surface area contributed by atoms with Crippen molar-refractivity contribution in [2.24, 2.45) is 0 Å². The molecule has 2 aromatic heterocycles. The average Bonchev–Trinajstić information content (AvgIpc) is 3.29. The second-order valence-corrected chi connectivity index (χ2v) is 7.52. The molecule has 150 valence electrons. The highest BCUT2D eigenvalue weighted by Gasteiger charge is 2.15. The Morgan fingerprint density at radius 3 is 2.45 bits per heavy atom. The van der Waals surface area contributed by atoms with Crippen molar-refractivity contribution in [1.29, 1.82) is 0 Å². The van der Waals surface area contributed by atoms with E-state index in [-0.39, 0.29) is 5.91 Å². The maximum atomic E-state index is 12.4. The molecule has 6 heteroatoms. The lowest BCUT2D eigenvalue weighted by atomic mass is 10.1. The zero-order valence-electron chi connectivity index (χ0n) is 16.8. The molecule has 0 bridgehead atoms. The first kappa shape index (κ1) is 19.2. The summed E-state index contributed by atoms with van der Waals surface area (Å²) in [5.41, 5.74) is 3.17. The molecule has 1 amide bonds. The lowest BCUT2D eigenvalue weighted by molar-refractivity contribution is -0.120. The molecule has 4 rings (SSSR count). The van der Waals surface area contributed by atoms with Crippen molar-refractivity contribution < 1.29 is 4.79 Å². The Bertz CT molecular complexity index is 928. The number of carbonyl (C=O) groups excluding carboxylic acids is 1. The Balaban J connectivity index is 1.30. The highest BCUT2D eigenvalue weighted by Crippen LogP contribution is 2.15. The summed E-state index contributed by atoms with van der Waals surface area (Å²) in [7, 11) is 2.14. The Hall–Kier alpha value is -3.12. The third-order valence-corrected chi connectivity index (χ3v) is 5.33. The zero-order chi connectivity index (χ0) is 20.1. The van der Waals surface area contributed by atoms with Crippen LogP contribution in [0.25, 0.3) is 5.69 Å². The fourth-order valence-electron chi connectivity index (χ4n) is 3.52. The average molecular weight is 390 g/mol. The van der Waals surface area contributed by atoms with E-state index >= 15 is 0 Å². The molecule has 0 aliphatic carbocycles. The molecule has 29 heavy (non-hydrogen) atoms. The van der Waals surface area contributed by atoms with E-state index in [4.69, 9.17) is 0 Å². The quantitative estimate of drug-likeness (QED) is 0.704. The lowest BCUT2D eigenvalue weighted by Gasteiger charge is -2.33. The second-order valence-electron chi connectivity index (χ2n) is 7.52. The summed E-state index contributed by atoms with van der Waals surface area (Å²) in [6, 6.07) is 16.1. The number of piperazine rings is 1. The van der Waals surface area contributed by atoms with E-state index in [1.165, 1.54) is 0 Å². The van der Waals surface area contributed by atoms with Crippen LogP contribution in [0.4, 0.5) is 5.82 Å². The van der Waals surface area contributed by atoms with Gasteiger partial charge in [0.2, 0.25) is 5.91 Å². The Labute approximate surface area is 171 Å². The van der Waals surface area contributed by atoms with Gasteiger partial charge >= 0.3 is 0 Å². The topological polar surface area (TPSA) is 53.4 Å². The summed E-state index contributed by atoms with van der Waals surface area (Å²) in [6.45, 7) is 4.58. The molecule has 0 saturated carbocycles. The van der Waals surface area contributed by atoms with Crippen molar-refractivity contribution in [3.63, 3.8) is 0 Å². The van der Waals surface area contributed by atoms with Crippen LogP contribution >= 0.6 is 0 Å². The van der Waals surface area contributed by atoms with Gasteiger partial charge in [-0.25, -0.2) is 4.98 Å². The number of carbonyl (C=O) groups is 1. The number of hydrogen-bond acceptors (Lipinski definition) is 4. The first-order chi connectivity index (χ1) is 14.2. The number of nitrogens with zero attached hydrogens (tertiary/aromatic N) is 4. The summed E-state index contributed by atoms with van der Waals surface area (Å²) in [5, 5.41) is 3.03. The summed E-state index contributed by atoms with van der Waals surface area (Å²) in [5.74, 6) is 1.02. The normalized spacial score (nSPS) is 14.7. The predicted molar refractivity (Wildman–Crippen MR) is 115 cm³/mol. The number of anilines is 1. The standard InChI is InChI=1S/C23H27N5O/c1-26-12-14-28(15-13-26)22-16-20(8-9-24-22)18-25-23(29)17-19-4-6-21(7-5-19)27-10-2-3-11-27/h2-11,16H,12-15,17-18H2,1H3,(H,25,29). The van der Waals surface area contributed by atoms with E-state index in [1.807, 2.05) is 65.6 Å². The molecule has 0 unspecified atom stereocenters. The van der Waals surface area contributed by atoms with Crippen LogP contribution < -0.4 is 10.2 Å². The molecule has 1 aromatic carbocycles. The molecule has 1 fully saturated rings. The number of aromatic nitrogens is 2. The van der Waals surface area contributed by atoms with Crippen LogP contribution in [0.3, 0.4) is 0 Å². The number of nitrogens with one attached hydrogen (secondary N) is 1. The minimum absolute atomic E-state index is 0.0247. The van der Waals surface area contributed by atoms with Crippen LogP contribution in [-0.4, -0.2) is 53.6 Å². The van der Waals surface area contributed by atoms with Gasteiger partial charge in [0.15, 0.2) is 0 Å². The Morgan fingerprint density at radius 1 is 1.00 bits per heavy atom. The van der Waals surface area contributed by atoms with Gasteiger partial charge in [-0.2, -0.15) is 0 Å². The molecule has 1 saturated heterocycles. The van der Waals surface area contributed by atoms with Crippen molar-refractivity contribution in [3.8, 4) is 5.69 Å². The maximum Gasteiger partial charge on any atom is 0.224 e. The van der Waals surface area contributed by atoms with E-state index in [1.54, 1.807) is 0 Å². The molecular formula is C23H27N5O. The van der Waals surface area contributed by atoms with Crippen molar-refractivity contribution in [1.82, 2.24) is 19.8 Å². The molecule has 1 N–H and O–H groups in total. The zero-order valence-corrected chi connectivity index (χ0v) is 16.8. The number of pyridine rings is 1. The van der Waals surface area contributed by atoms with Gasteiger partial charge in [-0.15, -0.1) is 0 Å². The van der Waals surface area contributed by atoms with E-state index in [9.17, 15) is 4.79 Å². The number of likely N-dealkylation sites (N-methyl/N-ethyl adjacent to an activating group) is 1. The van der Waals surface area contributed by atoms with Crippen LogP contribution in [0.15, 0.2) is 67.1 Å². The number of hydrogen-bond donors (Lipinski definition) is 1. The molecule has 3 heterocycles. The van der Waals surface area contributed by atoms with Gasteiger partial charge in [0.05, 0.1) is 6.42 Å². The smallest absolute Gasteiger partial charge is 0.224 e. The predicted octanol–water partition coefficient (Wildman–Crippen LogP) is 2.48. The first-order valence-electron chi connectivity index (χ1n) is 10.0. The number of rotatable bonds is 6. The van der Waals surface area contributed by atoms with Gasteiger partial charge in [-0.05, 0) is 54.6 Å². The summed E-state index contributed by atoms with van der Waals surface area (Å²) < 4.78 is 2.05. The maximum absolute atomic E-state index is 12.4. The Kier molecular flexibility index (Phi) is 5.91. The van der Waals surface area contributed by atoms with Gasteiger partial charge in [0.1, 0.15) is 5.82 Å². The van der Waals surface area contributed by atoms with Crippen molar-refractivity contribution in [2.75, 3.05) is 38.1 Å².